The van der Waals surface area contributed by atoms with E-state index in [-0.39, 0.29) is 15.6 Å². The highest BCUT2D eigenvalue weighted by atomic mass is 35.5. The van der Waals surface area contributed by atoms with Gasteiger partial charge in [-0.2, -0.15) is 0 Å². The average Bonchev–Trinajstić information content (AvgIpc) is 2.77. The van der Waals surface area contributed by atoms with E-state index in [0.717, 1.165) is 4.73 Å². The summed E-state index contributed by atoms with van der Waals surface area (Å²) in [5.41, 5.74) is 0.840. The summed E-state index contributed by atoms with van der Waals surface area (Å²) in [6.07, 6.45) is 0.838. The van der Waals surface area contributed by atoms with Gasteiger partial charge < -0.3 is 4.84 Å². The molecule has 120 valence electrons. The normalized spacial score (nSPS) is 12.6. The molecule has 0 amide bonds. The fraction of sp³-hybridized carbons (Fsp3) is 0.200. The Morgan fingerprint density at radius 1 is 1.30 bits per heavy atom. The first-order valence-electron chi connectivity index (χ1n) is 6.74. The number of aryl methyl sites for hydroxylation is 1. The predicted molar refractivity (Wildman–Crippen MR) is 86.4 cm³/mol. The van der Waals surface area contributed by atoms with Gasteiger partial charge in [0.15, 0.2) is 11.8 Å². The molecule has 0 radical (unpaired) electrons. The molecular formula is C15H12Cl2FN3O2. The second-order valence-electron chi connectivity index (χ2n) is 4.99. The summed E-state index contributed by atoms with van der Waals surface area (Å²) in [6, 6.07) is 5.96. The molecular weight excluding hydrogens is 344 g/mol. The minimum atomic E-state index is -0.741. The van der Waals surface area contributed by atoms with Crippen LogP contribution in [-0.4, -0.2) is 14.3 Å². The largest absolute Gasteiger partial charge is 0.401 e. The van der Waals surface area contributed by atoms with Crippen LogP contribution in [0, 0.1) is 5.82 Å². The zero-order valence-corrected chi connectivity index (χ0v) is 13.8. The molecule has 2 aromatic heterocycles. The number of fused-ring (bicyclic) bond motifs is 1. The third-order valence-electron chi connectivity index (χ3n) is 3.51. The molecule has 0 saturated carbocycles. The van der Waals surface area contributed by atoms with E-state index in [2.05, 4.69) is 4.98 Å². The van der Waals surface area contributed by atoms with Crippen molar-refractivity contribution in [2.75, 3.05) is 0 Å². The van der Waals surface area contributed by atoms with Crippen molar-refractivity contribution in [3.05, 3.63) is 62.4 Å². The van der Waals surface area contributed by atoms with Gasteiger partial charge in [0.05, 0.1) is 5.02 Å². The highest BCUT2D eigenvalue weighted by Gasteiger charge is 2.21. The van der Waals surface area contributed by atoms with Crippen LogP contribution in [0.15, 0.2) is 35.3 Å². The topological polar surface area (TPSA) is 49.0 Å². The van der Waals surface area contributed by atoms with Gasteiger partial charge in [-0.05, 0) is 31.2 Å². The first-order chi connectivity index (χ1) is 10.9. The number of nitrogens with zero attached hydrogens (tertiary/aromatic N) is 3. The van der Waals surface area contributed by atoms with Gasteiger partial charge in [-0.1, -0.05) is 23.2 Å². The minimum absolute atomic E-state index is 0.128. The van der Waals surface area contributed by atoms with E-state index in [0.29, 0.717) is 11.2 Å². The molecule has 0 bridgehead atoms. The molecule has 0 N–H and O–H groups in total. The number of hydrogen-bond donors (Lipinski definition) is 0. The summed E-state index contributed by atoms with van der Waals surface area (Å²) in [5.74, 6) is -0.603. The van der Waals surface area contributed by atoms with E-state index in [9.17, 15) is 9.18 Å². The maximum Gasteiger partial charge on any atom is 0.363 e. The van der Waals surface area contributed by atoms with Gasteiger partial charge >= 0.3 is 5.69 Å². The van der Waals surface area contributed by atoms with Gasteiger partial charge in [-0.25, -0.2) is 14.2 Å². The number of imidazole rings is 1. The number of pyridine rings is 1. The summed E-state index contributed by atoms with van der Waals surface area (Å²) in [6.45, 7) is 1.63. The van der Waals surface area contributed by atoms with Crippen LogP contribution in [0.2, 0.25) is 10.0 Å². The summed E-state index contributed by atoms with van der Waals surface area (Å²) in [5, 5.41) is 0.131. The third kappa shape index (κ3) is 2.58. The van der Waals surface area contributed by atoms with Gasteiger partial charge in [0.25, 0.3) is 0 Å². The van der Waals surface area contributed by atoms with Crippen LogP contribution in [0.25, 0.3) is 11.2 Å². The van der Waals surface area contributed by atoms with Crippen LogP contribution in [0.3, 0.4) is 0 Å². The van der Waals surface area contributed by atoms with Gasteiger partial charge in [0, 0.05) is 23.8 Å². The van der Waals surface area contributed by atoms with E-state index in [4.69, 9.17) is 28.0 Å². The minimum Gasteiger partial charge on any atom is -0.401 e. The molecule has 5 nitrogen and oxygen atoms in total. The van der Waals surface area contributed by atoms with Crippen molar-refractivity contribution < 1.29 is 9.23 Å². The molecule has 0 fully saturated rings. The fourth-order valence-electron chi connectivity index (χ4n) is 2.36. The van der Waals surface area contributed by atoms with E-state index in [1.165, 1.54) is 16.7 Å². The lowest BCUT2D eigenvalue weighted by Gasteiger charge is -2.17. The molecule has 0 aliphatic carbocycles. The number of hydrogen-bond acceptors (Lipinski definition) is 3. The second kappa shape index (κ2) is 5.86. The predicted octanol–water partition coefficient (Wildman–Crippen LogP) is 3.37. The van der Waals surface area contributed by atoms with Crippen molar-refractivity contribution >= 4 is 34.4 Å². The molecule has 8 heteroatoms. The van der Waals surface area contributed by atoms with Crippen molar-refractivity contribution in [2.45, 2.75) is 13.0 Å². The molecule has 0 saturated heterocycles. The van der Waals surface area contributed by atoms with Crippen molar-refractivity contribution in [2.24, 2.45) is 7.05 Å². The molecule has 1 unspecified atom stereocenters. The van der Waals surface area contributed by atoms with Gasteiger partial charge in [0.2, 0.25) is 0 Å². The van der Waals surface area contributed by atoms with Crippen LogP contribution in [0.1, 0.15) is 18.6 Å². The second-order valence-corrected chi connectivity index (χ2v) is 5.77. The monoisotopic (exact) mass is 355 g/mol. The lowest BCUT2D eigenvalue weighted by molar-refractivity contribution is 0.0480. The van der Waals surface area contributed by atoms with E-state index in [1.54, 1.807) is 32.3 Å². The fourth-order valence-corrected chi connectivity index (χ4v) is 3.04. The van der Waals surface area contributed by atoms with Crippen LogP contribution in [0.5, 0.6) is 0 Å². The number of rotatable bonds is 3. The van der Waals surface area contributed by atoms with Crippen LogP contribution in [0.4, 0.5) is 4.39 Å². The Bertz CT molecular complexity index is 952. The summed E-state index contributed by atoms with van der Waals surface area (Å²) < 4.78 is 16.1. The Balaban J connectivity index is 2.09. The first kappa shape index (κ1) is 15.8. The van der Waals surface area contributed by atoms with Crippen LogP contribution in [-0.2, 0) is 7.05 Å². The zero-order chi connectivity index (χ0) is 16.7. The third-order valence-corrected chi connectivity index (χ3v) is 4.23. The smallest absolute Gasteiger partial charge is 0.363 e. The Morgan fingerprint density at radius 2 is 2.04 bits per heavy atom. The lowest BCUT2D eigenvalue weighted by atomic mass is 10.1. The molecule has 23 heavy (non-hydrogen) atoms. The molecule has 1 atom stereocenters. The Kier molecular flexibility index (Phi) is 4.04. The van der Waals surface area contributed by atoms with E-state index >= 15 is 0 Å². The maximum absolute atomic E-state index is 13.7. The lowest BCUT2D eigenvalue weighted by Crippen LogP contribution is -2.29. The van der Waals surface area contributed by atoms with Gasteiger partial charge in [0.1, 0.15) is 11.3 Å². The Morgan fingerprint density at radius 3 is 2.78 bits per heavy atom. The van der Waals surface area contributed by atoms with Gasteiger partial charge in [-0.15, -0.1) is 4.73 Å². The quantitative estimate of drug-likeness (QED) is 0.676. The molecule has 1 aromatic carbocycles. The number of aromatic nitrogens is 3. The Hall–Kier alpha value is -2.05. The van der Waals surface area contributed by atoms with E-state index < -0.39 is 17.6 Å². The number of halogens is 3. The molecule has 0 aliphatic rings. The Labute approximate surface area is 140 Å². The molecule has 0 aliphatic heterocycles. The summed E-state index contributed by atoms with van der Waals surface area (Å²) in [7, 11) is 1.59. The van der Waals surface area contributed by atoms with Crippen LogP contribution >= 0.6 is 23.2 Å². The zero-order valence-electron chi connectivity index (χ0n) is 12.3. The van der Waals surface area contributed by atoms with E-state index in [1.807, 2.05) is 0 Å². The van der Waals surface area contributed by atoms with Crippen molar-refractivity contribution in [3.63, 3.8) is 0 Å². The summed E-state index contributed by atoms with van der Waals surface area (Å²) >= 11 is 12.1. The maximum atomic E-state index is 13.7. The standard InChI is InChI=1S/C15H12Cl2FN3O2/c1-8(12-9(16)5-6-10(18)13(12)17)23-21-11-4-3-7-19-14(11)20(2)15(21)22/h3-8H,1-2H3. The van der Waals surface area contributed by atoms with Crippen molar-refractivity contribution in [1.29, 1.82) is 0 Å². The highest BCUT2D eigenvalue weighted by molar-refractivity contribution is 6.36. The highest BCUT2D eigenvalue weighted by Crippen LogP contribution is 2.33. The van der Waals surface area contributed by atoms with Gasteiger partial charge in [-0.3, -0.25) is 4.57 Å². The molecule has 0 spiro atoms. The van der Waals surface area contributed by atoms with Crippen molar-refractivity contribution in [1.82, 2.24) is 14.3 Å². The first-order valence-corrected chi connectivity index (χ1v) is 7.50. The van der Waals surface area contributed by atoms with Crippen molar-refractivity contribution in [3.8, 4) is 0 Å². The molecule has 3 aromatic rings. The molecule has 3 rings (SSSR count). The molecule has 2 heterocycles. The number of benzene rings is 1. The van der Waals surface area contributed by atoms with Crippen LogP contribution < -0.4 is 10.5 Å². The SMILES string of the molecule is CC(On1c(=O)n(C)c2ncccc21)c1c(Cl)ccc(F)c1Cl. The average molecular weight is 356 g/mol. The summed E-state index contributed by atoms with van der Waals surface area (Å²) in [4.78, 5) is 22.1.